The molecule has 1 aliphatic rings. The summed E-state index contributed by atoms with van der Waals surface area (Å²) in [4.78, 5) is 42.4. The van der Waals surface area contributed by atoms with Crippen LogP contribution in [0.3, 0.4) is 0 Å². The highest BCUT2D eigenvalue weighted by Crippen LogP contribution is 2.29. The summed E-state index contributed by atoms with van der Waals surface area (Å²) in [5.74, 6) is -1.36. The van der Waals surface area contributed by atoms with Crippen LogP contribution >= 0.6 is 0 Å². The van der Waals surface area contributed by atoms with Crippen LogP contribution in [-0.2, 0) is 9.53 Å². The van der Waals surface area contributed by atoms with E-state index >= 15 is 0 Å². The van der Waals surface area contributed by atoms with Gasteiger partial charge in [-0.25, -0.2) is 4.79 Å². The molecule has 46 heavy (non-hydrogen) atoms. The molecule has 10 nitrogen and oxygen atoms in total. The van der Waals surface area contributed by atoms with Crippen molar-refractivity contribution in [3.05, 3.63) is 54.1 Å². The van der Waals surface area contributed by atoms with E-state index in [1.54, 1.807) is 26.1 Å². The predicted octanol–water partition coefficient (Wildman–Crippen LogP) is 5.93. The number of amides is 4. The van der Waals surface area contributed by atoms with Crippen molar-refractivity contribution in [3.63, 3.8) is 0 Å². The summed E-state index contributed by atoms with van der Waals surface area (Å²) in [6, 6.07) is 12.5. The van der Waals surface area contributed by atoms with Gasteiger partial charge in [-0.2, -0.15) is 13.2 Å². The first-order valence-electron chi connectivity index (χ1n) is 15.5. The number of ether oxygens (including phenoxy) is 2. The molecule has 0 fully saturated rings. The SMILES string of the molecule is C[C@@H]1CN([C@@H](C)CO)C(=O)c2cc(NC(=O)CCC(F)(F)F)ccc2O[C@@H](C)CCCCO[C@@H]1CN(C)C(=O)Nc1ccccc1. The minimum atomic E-state index is -4.48. The Labute approximate surface area is 268 Å². The number of fused-ring (bicyclic) bond motifs is 1. The number of nitrogens with one attached hydrogen (secondary N) is 2. The van der Waals surface area contributed by atoms with Crippen LogP contribution in [0.25, 0.3) is 0 Å². The van der Waals surface area contributed by atoms with E-state index in [4.69, 9.17) is 9.47 Å². The lowest BCUT2D eigenvalue weighted by molar-refractivity contribution is -0.142. The maximum atomic E-state index is 14.2. The second-order valence-corrected chi connectivity index (χ2v) is 11.9. The van der Waals surface area contributed by atoms with E-state index < -0.39 is 43.0 Å². The summed E-state index contributed by atoms with van der Waals surface area (Å²) >= 11 is 0. The lowest BCUT2D eigenvalue weighted by atomic mass is 10.0. The van der Waals surface area contributed by atoms with Gasteiger partial charge in [-0.1, -0.05) is 25.1 Å². The highest BCUT2D eigenvalue weighted by molar-refractivity contribution is 5.99. The number of alkyl halides is 3. The van der Waals surface area contributed by atoms with E-state index in [0.717, 1.165) is 12.8 Å². The van der Waals surface area contributed by atoms with Gasteiger partial charge in [0, 0.05) is 50.5 Å². The van der Waals surface area contributed by atoms with Crippen LogP contribution in [0.4, 0.5) is 29.3 Å². The lowest BCUT2D eigenvalue weighted by Gasteiger charge is -2.35. The number of urea groups is 1. The topological polar surface area (TPSA) is 120 Å². The van der Waals surface area contributed by atoms with Crippen LogP contribution in [0.1, 0.15) is 63.2 Å². The Morgan fingerprint density at radius 2 is 1.80 bits per heavy atom. The van der Waals surface area contributed by atoms with Crippen molar-refractivity contribution < 1.29 is 42.1 Å². The number of aliphatic hydroxyl groups excluding tert-OH is 1. The molecule has 0 unspecified atom stereocenters. The smallest absolute Gasteiger partial charge is 0.389 e. The van der Waals surface area contributed by atoms with Gasteiger partial charge in [-0.3, -0.25) is 9.59 Å². The number of aliphatic hydroxyl groups is 1. The van der Waals surface area contributed by atoms with Crippen molar-refractivity contribution in [1.29, 1.82) is 0 Å². The molecule has 0 bridgehead atoms. The maximum absolute atomic E-state index is 14.2. The Morgan fingerprint density at radius 1 is 1.09 bits per heavy atom. The third-order valence-corrected chi connectivity index (χ3v) is 7.80. The Hall–Kier alpha value is -3.84. The van der Waals surface area contributed by atoms with Crippen molar-refractivity contribution in [2.45, 2.75) is 77.3 Å². The molecule has 2 aromatic rings. The van der Waals surface area contributed by atoms with Crippen LogP contribution in [0.5, 0.6) is 5.75 Å². The normalized spacial score (nSPS) is 20.5. The van der Waals surface area contributed by atoms with E-state index in [2.05, 4.69) is 10.6 Å². The highest BCUT2D eigenvalue weighted by atomic mass is 19.4. The molecule has 4 atom stereocenters. The molecule has 3 rings (SSSR count). The number of rotatable bonds is 8. The minimum absolute atomic E-state index is 0.0989. The van der Waals surface area contributed by atoms with Gasteiger partial charge in [0.1, 0.15) is 5.75 Å². The second-order valence-electron chi connectivity index (χ2n) is 11.9. The van der Waals surface area contributed by atoms with Crippen LogP contribution < -0.4 is 15.4 Å². The summed E-state index contributed by atoms with van der Waals surface area (Å²) < 4.78 is 50.4. The fourth-order valence-corrected chi connectivity index (χ4v) is 5.03. The molecule has 4 amide bonds. The molecule has 0 saturated carbocycles. The van der Waals surface area contributed by atoms with Gasteiger partial charge in [0.2, 0.25) is 5.91 Å². The van der Waals surface area contributed by atoms with Crippen molar-refractivity contribution in [3.8, 4) is 5.75 Å². The van der Waals surface area contributed by atoms with Crippen LogP contribution in [0, 0.1) is 5.92 Å². The summed E-state index contributed by atoms with van der Waals surface area (Å²) in [7, 11) is 1.67. The average molecular weight is 651 g/mol. The van der Waals surface area contributed by atoms with E-state index in [1.165, 1.54) is 28.0 Å². The number of carbonyl (C=O) groups is 3. The van der Waals surface area contributed by atoms with Gasteiger partial charge in [0.25, 0.3) is 5.91 Å². The second kappa shape index (κ2) is 17.2. The number of carbonyl (C=O) groups excluding carboxylic acids is 3. The van der Waals surface area contributed by atoms with Crippen molar-refractivity contribution in [2.75, 3.05) is 44.0 Å². The zero-order valence-electron chi connectivity index (χ0n) is 26.8. The molecule has 2 aromatic carbocycles. The molecule has 0 aliphatic carbocycles. The third-order valence-electron chi connectivity index (χ3n) is 7.80. The van der Waals surface area contributed by atoms with Gasteiger partial charge in [-0.05, 0) is 63.4 Å². The quantitative estimate of drug-likeness (QED) is 0.326. The highest BCUT2D eigenvalue weighted by Gasteiger charge is 2.31. The molecule has 0 radical (unpaired) electrons. The number of hydrogen-bond acceptors (Lipinski definition) is 6. The Bertz CT molecular complexity index is 1300. The monoisotopic (exact) mass is 650 g/mol. The number of hydrogen-bond donors (Lipinski definition) is 3. The van der Waals surface area contributed by atoms with Crippen LogP contribution in [0.2, 0.25) is 0 Å². The fraction of sp³-hybridized carbons (Fsp3) is 0.545. The Morgan fingerprint density at radius 3 is 2.48 bits per heavy atom. The van der Waals surface area contributed by atoms with E-state index in [1.807, 2.05) is 32.0 Å². The van der Waals surface area contributed by atoms with Crippen LogP contribution in [-0.4, -0.2) is 90.5 Å². The van der Waals surface area contributed by atoms with Gasteiger partial charge in [0.05, 0.1) is 36.8 Å². The Balaban J connectivity index is 1.88. The van der Waals surface area contributed by atoms with Gasteiger partial charge < -0.3 is 35.0 Å². The van der Waals surface area contributed by atoms with Crippen LogP contribution in [0.15, 0.2) is 48.5 Å². The van der Waals surface area contributed by atoms with E-state index in [0.29, 0.717) is 18.7 Å². The molecule has 254 valence electrons. The first-order chi connectivity index (χ1) is 21.8. The summed E-state index contributed by atoms with van der Waals surface area (Å²) in [5, 5.41) is 15.4. The lowest BCUT2D eigenvalue weighted by Crippen LogP contribution is -2.48. The molecular formula is C33H45F3N4O6. The van der Waals surface area contributed by atoms with Crippen molar-refractivity contribution >= 4 is 29.2 Å². The standard InChI is InChI=1S/C33H45F3N4O6/c1-22-19-40(23(2)21-41)31(43)27-18-26(37-30(42)15-16-33(34,35)36)13-14-28(27)46-24(3)10-8-9-17-45-29(22)20-39(4)32(44)38-25-11-6-5-7-12-25/h5-7,11-14,18,22-24,29,41H,8-10,15-17,19-21H2,1-4H3,(H,37,42)(H,38,44)/t22-,23+,24+,29-/m1/s1. The molecular weight excluding hydrogens is 605 g/mol. The first-order valence-corrected chi connectivity index (χ1v) is 15.5. The number of nitrogens with zero attached hydrogens (tertiary/aromatic N) is 2. The number of likely N-dealkylation sites (N-methyl/N-ethyl adjacent to an activating group) is 1. The largest absolute Gasteiger partial charge is 0.490 e. The molecule has 3 N–H and O–H groups in total. The zero-order chi connectivity index (χ0) is 33.9. The van der Waals surface area contributed by atoms with Crippen molar-refractivity contribution in [2.24, 2.45) is 5.92 Å². The molecule has 0 spiro atoms. The maximum Gasteiger partial charge on any atom is 0.389 e. The molecule has 0 aromatic heterocycles. The van der Waals surface area contributed by atoms with E-state index in [-0.39, 0.29) is 54.7 Å². The average Bonchev–Trinajstić information content (AvgIpc) is 3.01. The number of para-hydroxylation sites is 1. The molecule has 1 aliphatic heterocycles. The van der Waals surface area contributed by atoms with E-state index in [9.17, 15) is 32.7 Å². The minimum Gasteiger partial charge on any atom is -0.490 e. The summed E-state index contributed by atoms with van der Waals surface area (Å²) in [6.45, 7) is 5.94. The molecule has 1 heterocycles. The van der Waals surface area contributed by atoms with Gasteiger partial charge >= 0.3 is 12.2 Å². The first kappa shape index (κ1) is 36.6. The number of benzene rings is 2. The zero-order valence-corrected chi connectivity index (χ0v) is 26.8. The Kier molecular flexibility index (Phi) is 13.7. The summed E-state index contributed by atoms with van der Waals surface area (Å²) in [6.07, 6.45) is -5.07. The number of halogens is 3. The fourth-order valence-electron chi connectivity index (χ4n) is 5.03. The molecule has 0 saturated heterocycles. The van der Waals surface area contributed by atoms with Gasteiger partial charge in [0.15, 0.2) is 0 Å². The van der Waals surface area contributed by atoms with Crippen molar-refractivity contribution in [1.82, 2.24) is 9.80 Å². The third kappa shape index (κ3) is 11.5. The number of anilines is 2. The molecule has 13 heteroatoms. The van der Waals surface area contributed by atoms with Gasteiger partial charge in [-0.15, -0.1) is 0 Å². The summed E-state index contributed by atoms with van der Waals surface area (Å²) in [5.41, 5.74) is 0.897. The predicted molar refractivity (Wildman–Crippen MR) is 169 cm³/mol.